The summed E-state index contributed by atoms with van der Waals surface area (Å²) in [7, 11) is 1.63. The third kappa shape index (κ3) is 5.12. The molecule has 0 fully saturated rings. The van der Waals surface area contributed by atoms with Gasteiger partial charge in [-0.1, -0.05) is 12.7 Å². The summed E-state index contributed by atoms with van der Waals surface area (Å²) in [6.45, 7) is 4.09. The Kier molecular flexibility index (Phi) is 6.08. The number of ether oxygens (including phenoxy) is 2. The minimum Gasteiger partial charge on any atom is -0.497 e. The van der Waals surface area contributed by atoms with Crippen LogP contribution < -0.4 is 14.9 Å². The van der Waals surface area contributed by atoms with Crippen molar-refractivity contribution in [2.75, 3.05) is 19.1 Å². The number of benzene rings is 2. The molecule has 0 aliphatic heterocycles. The Bertz CT molecular complexity index is 908. The van der Waals surface area contributed by atoms with Crippen molar-refractivity contribution in [2.45, 2.75) is 0 Å². The summed E-state index contributed by atoms with van der Waals surface area (Å²) in [5.74, 6) is 1.87. The first kappa shape index (κ1) is 18.1. The van der Waals surface area contributed by atoms with Crippen LogP contribution in [-0.2, 0) is 0 Å². The van der Waals surface area contributed by atoms with Crippen LogP contribution in [0.2, 0.25) is 0 Å². The van der Waals surface area contributed by atoms with Crippen LogP contribution in [0.25, 0.3) is 11.3 Å². The van der Waals surface area contributed by atoms with Gasteiger partial charge in [0.1, 0.15) is 18.1 Å². The van der Waals surface area contributed by atoms with Gasteiger partial charge in [-0.2, -0.15) is 10.2 Å². The molecule has 2 aromatic carbocycles. The number of hydrazone groups is 1. The molecule has 3 rings (SSSR count). The Morgan fingerprint density at radius 2 is 1.81 bits per heavy atom. The summed E-state index contributed by atoms with van der Waals surface area (Å²) in [5, 5.41) is 12.1. The maximum absolute atomic E-state index is 5.44. The van der Waals surface area contributed by atoms with Crippen molar-refractivity contribution in [3.05, 3.63) is 72.9 Å². The molecule has 7 heteroatoms. The first-order valence-electron chi connectivity index (χ1n) is 8.25. The van der Waals surface area contributed by atoms with E-state index in [1.54, 1.807) is 25.6 Å². The van der Waals surface area contributed by atoms with Crippen molar-refractivity contribution in [1.29, 1.82) is 0 Å². The monoisotopic (exact) mass is 361 g/mol. The molecule has 0 amide bonds. The van der Waals surface area contributed by atoms with Crippen LogP contribution in [0.4, 0.5) is 5.95 Å². The Balaban J connectivity index is 1.63. The molecular formula is C20H19N5O2. The van der Waals surface area contributed by atoms with E-state index >= 15 is 0 Å². The highest BCUT2D eigenvalue weighted by atomic mass is 16.5. The van der Waals surface area contributed by atoms with Gasteiger partial charge in [-0.05, 0) is 54.1 Å². The number of nitrogens with one attached hydrogen (secondary N) is 1. The van der Waals surface area contributed by atoms with Crippen molar-refractivity contribution in [2.24, 2.45) is 5.10 Å². The lowest BCUT2D eigenvalue weighted by Gasteiger charge is -2.04. The predicted octanol–water partition coefficient (Wildman–Crippen LogP) is 3.56. The van der Waals surface area contributed by atoms with Crippen LogP contribution >= 0.6 is 0 Å². The number of aromatic nitrogens is 3. The molecule has 1 heterocycles. The van der Waals surface area contributed by atoms with Crippen molar-refractivity contribution in [1.82, 2.24) is 15.2 Å². The Labute approximate surface area is 157 Å². The van der Waals surface area contributed by atoms with Crippen molar-refractivity contribution in [3.8, 4) is 22.8 Å². The van der Waals surface area contributed by atoms with E-state index in [-0.39, 0.29) is 0 Å². The van der Waals surface area contributed by atoms with Crippen molar-refractivity contribution < 1.29 is 9.47 Å². The van der Waals surface area contributed by atoms with E-state index in [0.29, 0.717) is 18.2 Å². The number of methoxy groups -OCH3 is 1. The van der Waals surface area contributed by atoms with E-state index in [0.717, 1.165) is 22.6 Å². The van der Waals surface area contributed by atoms with E-state index in [1.807, 2.05) is 48.5 Å². The summed E-state index contributed by atoms with van der Waals surface area (Å²) < 4.78 is 10.6. The molecule has 7 nitrogen and oxygen atoms in total. The SMILES string of the molecule is C=CCOc1ccc(/C=N\Nc2nncc(-c3ccc(OC)cc3)n2)cc1. The molecule has 0 aliphatic rings. The molecule has 0 spiro atoms. The molecule has 1 aromatic heterocycles. The predicted molar refractivity (Wildman–Crippen MR) is 105 cm³/mol. The van der Waals surface area contributed by atoms with E-state index in [1.165, 1.54) is 0 Å². The summed E-state index contributed by atoms with van der Waals surface area (Å²) in [6.07, 6.45) is 4.97. The van der Waals surface area contributed by atoms with Crippen LogP contribution in [-0.4, -0.2) is 35.1 Å². The van der Waals surface area contributed by atoms with Crippen LogP contribution in [0.5, 0.6) is 11.5 Å². The number of rotatable bonds is 8. The number of anilines is 1. The molecule has 0 unspecified atom stereocenters. The van der Waals surface area contributed by atoms with Gasteiger partial charge in [0.25, 0.3) is 5.95 Å². The smallest absolute Gasteiger partial charge is 0.263 e. The van der Waals surface area contributed by atoms with Crippen LogP contribution in [0.1, 0.15) is 5.56 Å². The molecule has 0 saturated carbocycles. The third-order valence-electron chi connectivity index (χ3n) is 3.57. The lowest BCUT2D eigenvalue weighted by atomic mass is 10.1. The fraction of sp³-hybridized carbons (Fsp3) is 0.100. The fourth-order valence-corrected chi connectivity index (χ4v) is 2.22. The molecule has 1 N–H and O–H groups in total. The van der Waals surface area contributed by atoms with Gasteiger partial charge < -0.3 is 9.47 Å². The first-order valence-corrected chi connectivity index (χ1v) is 8.25. The minimum atomic E-state index is 0.311. The van der Waals surface area contributed by atoms with Crippen molar-refractivity contribution >= 4 is 12.2 Å². The van der Waals surface area contributed by atoms with Gasteiger partial charge in [-0.15, -0.1) is 5.10 Å². The second-order valence-electron chi connectivity index (χ2n) is 5.43. The number of hydrogen-bond donors (Lipinski definition) is 1. The summed E-state index contributed by atoms with van der Waals surface area (Å²) in [5.41, 5.74) is 5.30. The Hall–Kier alpha value is -3.74. The molecule has 3 aromatic rings. The molecule has 0 saturated heterocycles. The highest BCUT2D eigenvalue weighted by Gasteiger charge is 2.03. The second kappa shape index (κ2) is 9.10. The van der Waals surface area contributed by atoms with Gasteiger partial charge in [0.15, 0.2) is 0 Å². The van der Waals surface area contributed by atoms with Crippen LogP contribution in [0.15, 0.2) is 72.5 Å². The molecule has 0 bridgehead atoms. The second-order valence-corrected chi connectivity index (χ2v) is 5.43. The number of nitrogens with zero attached hydrogens (tertiary/aromatic N) is 4. The quantitative estimate of drug-likeness (QED) is 0.375. The Morgan fingerprint density at radius 1 is 1.07 bits per heavy atom. The molecule has 136 valence electrons. The van der Waals surface area contributed by atoms with E-state index in [9.17, 15) is 0 Å². The van der Waals surface area contributed by atoms with Gasteiger partial charge >= 0.3 is 0 Å². The van der Waals surface area contributed by atoms with Gasteiger partial charge in [-0.25, -0.2) is 10.4 Å². The zero-order valence-electron chi connectivity index (χ0n) is 14.9. The zero-order chi connectivity index (χ0) is 18.9. The van der Waals surface area contributed by atoms with Crippen molar-refractivity contribution in [3.63, 3.8) is 0 Å². The summed E-state index contributed by atoms with van der Waals surface area (Å²) >= 11 is 0. The zero-order valence-corrected chi connectivity index (χ0v) is 14.9. The Morgan fingerprint density at radius 3 is 2.52 bits per heavy atom. The molecule has 0 atom stereocenters. The summed E-state index contributed by atoms with van der Waals surface area (Å²) in [4.78, 5) is 4.41. The van der Waals surface area contributed by atoms with Crippen LogP contribution in [0.3, 0.4) is 0 Å². The van der Waals surface area contributed by atoms with E-state index in [4.69, 9.17) is 9.47 Å². The highest BCUT2D eigenvalue weighted by Crippen LogP contribution is 2.20. The topological polar surface area (TPSA) is 81.5 Å². The molecule has 27 heavy (non-hydrogen) atoms. The van der Waals surface area contributed by atoms with E-state index < -0.39 is 0 Å². The third-order valence-corrected chi connectivity index (χ3v) is 3.57. The van der Waals surface area contributed by atoms with E-state index in [2.05, 4.69) is 32.3 Å². The average Bonchev–Trinajstić information content (AvgIpc) is 2.73. The highest BCUT2D eigenvalue weighted by molar-refractivity contribution is 5.80. The minimum absolute atomic E-state index is 0.311. The lowest BCUT2D eigenvalue weighted by Crippen LogP contribution is -2.00. The van der Waals surface area contributed by atoms with Gasteiger partial charge in [0.2, 0.25) is 0 Å². The standard InChI is InChI=1S/C20H19N5O2/c1-3-12-27-18-8-4-15(5-9-18)13-21-24-20-23-19(14-22-25-20)16-6-10-17(26-2)11-7-16/h3-11,13-14H,1,12H2,2H3,(H,23,24,25)/b21-13-. The molecule has 0 aliphatic carbocycles. The molecule has 0 radical (unpaired) electrons. The van der Waals surface area contributed by atoms with Gasteiger partial charge in [0.05, 0.1) is 25.2 Å². The maximum Gasteiger partial charge on any atom is 0.263 e. The maximum atomic E-state index is 5.44. The van der Waals surface area contributed by atoms with Gasteiger partial charge in [-0.3, -0.25) is 0 Å². The summed E-state index contributed by atoms with van der Waals surface area (Å²) in [6, 6.07) is 15.1. The van der Waals surface area contributed by atoms with Crippen LogP contribution in [0, 0.1) is 0 Å². The lowest BCUT2D eigenvalue weighted by molar-refractivity contribution is 0.363. The normalized spacial score (nSPS) is 10.6. The molecular weight excluding hydrogens is 342 g/mol. The fourth-order valence-electron chi connectivity index (χ4n) is 2.22. The number of hydrogen-bond acceptors (Lipinski definition) is 7. The first-order chi connectivity index (χ1) is 13.3. The average molecular weight is 361 g/mol. The van der Waals surface area contributed by atoms with Gasteiger partial charge in [0, 0.05) is 5.56 Å². The largest absolute Gasteiger partial charge is 0.497 e.